The second-order valence-corrected chi connectivity index (χ2v) is 5.24. The number of halogens is 1. The van der Waals surface area contributed by atoms with Crippen LogP contribution in [0.4, 0.5) is 5.69 Å². The van der Waals surface area contributed by atoms with Crippen molar-refractivity contribution < 1.29 is 9.66 Å². The first-order chi connectivity index (χ1) is 9.88. The van der Waals surface area contributed by atoms with Crippen molar-refractivity contribution in [1.29, 1.82) is 5.41 Å². The van der Waals surface area contributed by atoms with Gasteiger partial charge in [-0.25, -0.2) is 0 Å². The highest BCUT2D eigenvalue weighted by atomic mass is 79.9. The van der Waals surface area contributed by atoms with Crippen molar-refractivity contribution in [2.45, 2.75) is 6.92 Å². The number of hydrogen-bond acceptors (Lipinski definition) is 4. The minimum atomic E-state index is -0.493. The maximum atomic E-state index is 11.0. The number of nitrogens with two attached hydrogens (primary N) is 1. The number of nitro benzene ring substituents is 1. The van der Waals surface area contributed by atoms with Crippen molar-refractivity contribution in [2.75, 3.05) is 0 Å². The molecule has 0 spiro atoms. The van der Waals surface area contributed by atoms with Crippen molar-refractivity contribution in [3.05, 3.63) is 62.1 Å². The Hall–Kier alpha value is -2.41. The topological polar surface area (TPSA) is 102 Å². The number of nitrogen functional groups attached to an aromatic ring is 1. The van der Waals surface area contributed by atoms with Crippen LogP contribution in [0.25, 0.3) is 0 Å². The van der Waals surface area contributed by atoms with E-state index in [9.17, 15) is 10.1 Å². The van der Waals surface area contributed by atoms with Crippen LogP contribution in [0.1, 0.15) is 11.1 Å². The zero-order valence-corrected chi connectivity index (χ0v) is 12.7. The number of aryl methyl sites for hydroxylation is 1. The van der Waals surface area contributed by atoms with Crippen molar-refractivity contribution in [3.63, 3.8) is 0 Å². The molecule has 0 radical (unpaired) electrons. The predicted molar refractivity (Wildman–Crippen MR) is 83.1 cm³/mol. The lowest BCUT2D eigenvalue weighted by molar-refractivity contribution is -0.385. The minimum Gasteiger partial charge on any atom is -0.449 e. The van der Waals surface area contributed by atoms with Gasteiger partial charge in [0.1, 0.15) is 11.6 Å². The molecule has 6 nitrogen and oxygen atoms in total. The second-order valence-electron chi connectivity index (χ2n) is 4.39. The van der Waals surface area contributed by atoms with Gasteiger partial charge >= 0.3 is 5.69 Å². The summed E-state index contributed by atoms with van der Waals surface area (Å²) in [7, 11) is 0. The van der Waals surface area contributed by atoms with Gasteiger partial charge in [0.15, 0.2) is 0 Å². The van der Waals surface area contributed by atoms with Crippen LogP contribution in [-0.2, 0) is 0 Å². The lowest BCUT2D eigenvalue weighted by Gasteiger charge is -2.10. The Bertz CT molecular complexity index is 731. The quantitative estimate of drug-likeness (QED) is 0.379. The normalized spacial score (nSPS) is 10.2. The van der Waals surface area contributed by atoms with E-state index in [-0.39, 0.29) is 17.3 Å². The summed E-state index contributed by atoms with van der Waals surface area (Å²) in [4.78, 5) is 10.5. The zero-order valence-electron chi connectivity index (χ0n) is 11.1. The summed E-state index contributed by atoms with van der Waals surface area (Å²) >= 11 is 3.31. The fourth-order valence-electron chi connectivity index (χ4n) is 1.72. The molecule has 0 aromatic heterocycles. The number of rotatable bonds is 4. The van der Waals surface area contributed by atoms with Crippen LogP contribution < -0.4 is 10.5 Å². The van der Waals surface area contributed by atoms with Gasteiger partial charge in [-0.15, -0.1) is 0 Å². The summed E-state index contributed by atoms with van der Waals surface area (Å²) in [5.74, 6) is 0.508. The first-order valence-electron chi connectivity index (χ1n) is 5.95. The van der Waals surface area contributed by atoms with Crippen LogP contribution in [0.5, 0.6) is 11.5 Å². The summed E-state index contributed by atoms with van der Waals surface area (Å²) in [6, 6.07) is 9.50. The Morgan fingerprint density at radius 1 is 1.29 bits per heavy atom. The average Bonchev–Trinajstić information content (AvgIpc) is 2.40. The van der Waals surface area contributed by atoms with Gasteiger partial charge in [-0.2, -0.15) is 0 Å². The van der Waals surface area contributed by atoms with Gasteiger partial charge in [0, 0.05) is 11.6 Å². The molecule has 0 unspecified atom stereocenters. The van der Waals surface area contributed by atoms with E-state index in [1.165, 1.54) is 6.07 Å². The van der Waals surface area contributed by atoms with Gasteiger partial charge in [-0.3, -0.25) is 15.5 Å². The maximum absolute atomic E-state index is 11.0. The number of hydrogen-bond donors (Lipinski definition) is 2. The third-order valence-electron chi connectivity index (χ3n) is 2.77. The van der Waals surface area contributed by atoms with Crippen molar-refractivity contribution in [3.8, 4) is 11.5 Å². The highest BCUT2D eigenvalue weighted by Crippen LogP contribution is 2.35. The largest absolute Gasteiger partial charge is 0.449 e. The van der Waals surface area contributed by atoms with Gasteiger partial charge in [0.25, 0.3) is 0 Å². The SMILES string of the molecule is Cc1ccc([N+](=O)[O-])c(Oc2ccc(C(=N)N)cc2Br)c1. The van der Waals surface area contributed by atoms with Crippen molar-refractivity contribution >= 4 is 27.5 Å². The summed E-state index contributed by atoms with van der Waals surface area (Å²) in [5.41, 5.74) is 6.68. The van der Waals surface area contributed by atoms with Crippen LogP contribution in [0.3, 0.4) is 0 Å². The fraction of sp³-hybridized carbons (Fsp3) is 0.0714. The Labute approximate surface area is 129 Å². The number of nitro groups is 1. The number of amidine groups is 1. The lowest BCUT2D eigenvalue weighted by Crippen LogP contribution is -2.10. The summed E-state index contributed by atoms with van der Waals surface area (Å²) in [6.07, 6.45) is 0. The molecule has 0 fully saturated rings. The zero-order chi connectivity index (χ0) is 15.6. The lowest BCUT2D eigenvalue weighted by atomic mass is 10.2. The van der Waals surface area contributed by atoms with Crippen LogP contribution in [0.2, 0.25) is 0 Å². The van der Waals surface area contributed by atoms with Gasteiger partial charge in [0.05, 0.1) is 9.40 Å². The first-order valence-corrected chi connectivity index (χ1v) is 6.74. The third-order valence-corrected chi connectivity index (χ3v) is 3.39. The molecular formula is C14H12BrN3O3. The van der Waals surface area contributed by atoms with E-state index in [0.717, 1.165) is 5.56 Å². The van der Waals surface area contributed by atoms with E-state index < -0.39 is 4.92 Å². The minimum absolute atomic E-state index is 0.0659. The van der Waals surface area contributed by atoms with E-state index in [0.29, 0.717) is 15.8 Å². The van der Waals surface area contributed by atoms with Gasteiger partial charge in [-0.05, 0) is 52.7 Å². The first kappa shape index (κ1) is 15.0. The molecule has 2 aromatic rings. The molecule has 3 N–H and O–H groups in total. The Morgan fingerprint density at radius 2 is 2.00 bits per heavy atom. The molecule has 0 amide bonds. The Balaban J connectivity index is 2.40. The molecule has 7 heteroatoms. The molecule has 0 aliphatic rings. The highest BCUT2D eigenvalue weighted by molar-refractivity contribution is 9.10. The molecule has 0 bridgehead atoms. The average molecular weight is 350 g/mol. The van der Waals surface area contributed by atoms with E-state index in [4.69, 9.17) is 15.9 Å². The molecule has 0 aliphatic heterocycles. The summed E-state index contributed by atoms with van der Waals surface area (Å²) < 4.78 is 6.18. The monoisotopic (exact) mass is 349 g/mol. The van der Waals surface area contributed by atoms with Crippen molar-refractivity contribution in [2.24, 2.45) is 5.73 Å². The molecule has 0 heterocycles. The van der Waals surface area contributed by atoms with Gasteiger partial charge in [-0.1, -0.05) is 6.07 Å². The van der Waals surface area contributed by atoms with Crippen LogP contribution >= 0.6 is 15.9 Å². The molecular weight excluding hydrogens is 338 g/mol. The molecule has 0 aliphatic carbocycles. The Kier molecular flexibility index (Phi) is 4.23. The van der Waals surface area contributed by atoms with Crippen LogP contribution in [0, 0.1) is 22.4 Å². The number of nitrogens with zero attached hydrogens (tertiary/aromatic N) is 1. The van der Waals surface area contributed by atoms with Gasteiger partial charge < -0.3 is 10.5 Å². The standard InChI is InChI=1S/C14H12BrN3O3/c1-8-2-4-11(18(19)20)13(6-8)21-12-5-3-9(14(16)17)7-10(12)15/h2-7H,1H3,(H3,16,17). The second kappa shape index (κ2) is 5.92. The molecule has 0 atom stereocenters. The van der Waals surface area contributed by atoms with Gasteiger partial charge in [0.2, 0.25) is 5.75 Å². The van der Waals surface area contributed by atoms with Crippen molar-refractivity contribution in [1.82, 2.24) is 0 Å². The molecule has 2 aromatic carbocycles. The molecule has 0 saturated carbocycles. The Morgan fingerprint density at radius 3 is 2.57 bits per heavy atom. The molecule has 21 heavy (non-hydrogen) atoms. The predicted octanol–water partition coefficient (Wildman–Crippen LogP) is 3.74. The molecule has 0 saturated heterocycles. The van der Waals surface area contributed by atoms with Crippen LogP contribution in [-0.4, -0.2) is 10.8 Å². The molecule has 108 valence electrons. The smallest absolute Gasteiger partial charge is 0.311 e. The number of benzene rings is 2. The summed E-state index contributed by atoms with van der Waals surface area (Å²) in [6.45, 7) is 1.82. The maximum Gasteiger partial charge on any atom is 0.311 e. The van der Waals surface area contributed by atoms with E-state index in [1.54, 1.807) is 30.3 Å². The fourth-order valence-corrected chi connectivity index (χ4v) is 2.18. The van der Waals surface area contributed by atoms with E-state index in [1.807, 2.05) is 6.92 Å². The molecule has 2 rings (SSSR count). The van der Waals surface area contributed by atoms with E-state index >= 15 is 0 Å². The number of nitrogens with one attached hydrogen (secondary N) is 1. The highest BCUT2D eigenvalue weighted by Gasteiger charge is 2.17. The summed E-state index contributed by atoms with van der Waals surface area (Å²) in [5, 5.41) is 18.4. The number of ether oxygens (including phenoxy) is 1. The third kappa shape index (κ3) is 3.38. The van der Waals surface area contributed by atoms with Crippen LogP contribution in [0.15, 0.2) is 40.9 Å². The van der Waals surface area contributed by atoms with E-state index in [2.05, 4.69) is 15.9 Å².